The predicted molar refractivity (Wildman–Crippen MR) is 79.4 cm³/mol. The normalized spacial score (nSPS) is 13.5. The van der Waals surface area contributed by atoms with Gasteiger partial charge in [-0.15, -0.1) is 0 Å². The Labute approximate surface area is 118 Å². The zero-order chi connectivity index (χ0) is 14.7. The zero-order valence-electron chi connectivity index (χ0n) is 12.8. The second-order valence-electron chi connectivity index (χ2n) is 5.25. The number of hydrogen-bond donors (Lipinski definition) is 2. The molecule has 0 saturated carbocycles. The Morgan fingerprint density at radius 1 is 0.895 bits per heavy atom. The minimum absolute atomic E-state index is 0.00869. The van der Waals surface area contributed by atoms with Crippen molar-refractivity contribution in [3.8, 4) is 0 Å². The lowest BCUT2D eigenvalue weighted by molar-refractivity contribution is -0.123. The summed E-state index contributed by atoms with van der Waals surface area (Å²) in [5.41, 5.74) is 0. The molecule has 2 unspecified atom stereocenters. The van der Waals surface area contributed by atoms with Crippen LogP contribution >= 0.6 is 0 Å². The SMILES string of the molecule is CCCCC(C)C(=O)N[B]NC(=O)C(C)CCCC. The van der Waals surface area contributed by atoms with Crippen molar-refractivity contribution in [3.05, 3.63) is 0 Å². The van der Waals surface area contributed by atoms with Crippen molar-refractivity contribution in [2.24, 2.45) is 11.8 Å². The summed E-state index contributed by atoms with van der Waals surface area (Å²) in [6, 6.07) is 0. The maximum absolute atomic E-state index is 11.7. The second-order valence-corrected chi connectivity index (χ2v) is 5.25. The van der Waals surface area contributed by atoms with Crippen LogP contribution in [0.15, 0.2) is 0 Å². The van der Waals surface area contributed by atoms with E-state index in [2.05, 4.69) is 24.3 Å². The molecule has 0 fully saturated rings. The van der Waals surface area contributed by atoms with Crippen molar-refractivity contribution in [2.45, 2.75) is 66.2 Å². The number of rotatable bonds is 10. The highest BCUT2D eigenvalue weighted by atomic mass is 16.2. The molecule has 0 spiro atoms. The maximum atomic E-state index is 11.7. The summed E-state index contributed by atoms with van der Waals surface area (Å²) >= 11 is 0. The number of carbonyl (C=O) groups is 2. The Bertz CT molecular complexity index is 246. The van der Waals surface area contributed by atoms with Crippen molar-refractivity contribution >= 4 is 19.4 Å². The molecule has 0 heterocycles. The van der Waals surface area contributed by atoms with Crippen LogP contribution in [0, 0.1) is 11.8 Å². The van der Waals surface area contributed by atoms with E-state index in [1.807, 2.05) is 13.8 Å². The van der Waals surface area contributed by atoms with E-state index in [-0.39, 0.29) is 23.7 Å². The van der Waals surface area contributed by atoms with E-state index in [1.165, 1.54) is 7.55 Å². The summed E-state index contributed by atoms with van der Waals surface area (Å²) in [4.78, 5) is 23.4. The van der Waals surface area contributed by atoms with Crippen LogP contribution in [0.5, 0.6) is 0 Å². The zero-order valence-corrected chi connectivity index (χ0v) is 12.8. The largest absolute Gasteiger partial charge is 0.390 e. The van der Waals surface area contributed by atoms with Crippen LogP contribution in [0.1, 0.15) is 66.2 Å². The van der Waals surface area contributed by atoms with Gasteiger partial charge in [0.2, 0.25) is 11.8 Å². The van der Waals surface area contributed by atoms with Crippen molar-refractivity contribution in [2.75, 3.05) is 0 Å². The highest BCUT2D eigenvalue weighted by Crippen LogP contribution is 2.08. The van der Waals surface area contributed by atoms with E-state index in [4.69, 9.17) is 0 Å². The van der Waals surface area contributed by atoms with E-state index in [0.717, 1.165) is 38.5 Å². The van der Waals surface area contributed by atoms with Gasteiger partial charge in [-0.25, -0.2) is 0 Å². The average Bonchev–Trinajstić information content (AvgIpc) is 2.41. The first kappa shape index (κ1) is 18.0. The van der Waals surface area contributed by atoms with E-state index >= 15 is 0 Å². The van der Waals surface area contributed by atoms with Crippen LogP contribution in [-0.4, -0.2) is 19.4 Å². The second kappa shape index (κ2) is 10.9. The van der Waals surface area contributed by atoms with Gasteiger partial charge in [-0.3, -0.25) is 9.59 Å². The summed E-state index contributed by atoms with van der Waals surface area (Å²) in [7, 11) is 1.37. The van der Waals surface area contributed by atoms with Gasteiger partial charge >= 0.3 is 7.55 Å². The van der Waals surface area contributed by atoms with Crippen LogP contribution in [0.3, 0.4) is 0 Å². The van der Waals surface area contributed by atoms with Gasteiger partial charge in [0.25, 0.3) is 0 Å². The first-order chi connectivity index (χ1) is 9.02. The summed E-state index contributed by atoms with van der Waals surface area (Å²) in [5, 5.41) is 5.27. The van der Waals surface area contributed by atoms with Crippen molar-refractivity contribution in [1.29, 1.82) is 0 Å². The molecular weight excluding hydrogens is 239 g/mol. The molecule has 0 aromatic heterocycles. The smallest absolute Gasteiger partial charge is 0.382 e. The number of hydrogen-bond acceptors (Lipinski definition) is 2. The first-order valence-electron chi connectivity index (χ1n) is 7.45. The number of unbranched alkanes of at least 4 members (excludes halogenated alkanes) is 2. The Morgan fingerprint density at radius 2 is 1.26 bits per heavy atom. The van der Waals surface area contributed by atoms with E-state index in [9.17, 15) is 9.59 Å². The van der Waals surface area contributed by atoms with E-state index < -0.39 is 0 Å². The fourth-order valence-electron chi connectivity index (χ4n) is 1.75. The minimum Gasteiger partial charge on any atom is -0.382 e. The summed E-state index contributed by atoms with van der Waals surface area (Å²) in [5.74, 6) is -0.0823. The van der Waals surface area contributed by atoms with Gasteiger partial charge in [-0.05, 0) is 12.8 Å². The quantitative estimate of drug-likeness (QED) is 0.597. The van der Waals surface area contributed by atoms with Crippen LogP contribution in [0.2, 0.25) is 0 Å². The predicted octanol–water partition coefficient (Wildman–Crippen LogP) is 2.41. The topological polar surface area (TPSA) is 58.2 Å². The summed E-state index contributed by atoms with van der Waals surface area (Å²) in [6.07, 6.45) is 6.05. The number of amides is 2. The molecule has 0 aromatic rings. The molecular formula is C14H28BN2O2. The molecule has 19 heavy (non-hydrogen) atoms. The molecule has 0 aliphatic carbocycles. The van der Waals surface area contributed by atoms with Crippen LogP contribution in [-0.2, 0) is 9.59 Å². The summed E-state index contributed by atoms with van der Waals surface area (Å²) in [6.45, 7) is 8.03. The van der Waals surface area contributed by atoms with Crippen molar-refractivity contribution in [3.63, 3.8) is 0 Å². The number of carbonyl (C=O) groups excluding carboxylic acids is 2. The van der Waals surface area contributed by atoms with Gasteiger partial charge in [0.05, 0.1) is 0 Å². The van der Waals surface area contributed by atoms with Gasteiger partial charge in [0, 0.05) is 11.8 Å². The molecule has 2 amide bonds. The molecule has 0 aliphatic heterocycles. The third kappa shape index (κ3) is 8.68. The molecule has 2 atom stereocenters. The first-order valence-corrected chi connectivity index (χ1v) is 7.45. The van der Waals surface area contributed by atoms with Crippen molar-refractivity contribution < 1.29 is 9.59 Å². The van der Waals surface area contributed by atoms with Gasteiger partial charge in [0.1, 0.15) is 0 Å². The fourth-order valence-corrected chi connectivity index (χ4v) is 1.75. The molecule has 2 N–H and O–H groups in total. The molecule has 109 valence electrons. The maximum Gasteiger partial charge on any atom is 0.390 e. The molecule has 0 bridgehead atoms. The molecule has 0 rings (SSSR count). The average molecular weight is 267 g/mol. The van der Waals surface area contributed by atoms with Crippen molar-refractivity contribution in [1.82, 2.24) is 10.5 Å². The molecule has 5 heteroatoms. The lowest BCUT2D eigenvalue weighted by Crippen LogP contribution is -2.44. The molecule has 4 nitrogen and oxygen atoms in total. The molecule has 1 radical (unpaired) electrons. The highest BCUT2D eigenvalue weighted by Gasteiger charge is 2.15. The van der Waals surface area contributed by atoms with Crippen LogP contribution in [0.25, 0.3) is 0 Å². The molecule has 0 aromatic carbocycles. The van der Waals surface area contributed by atoms with Gasteiger partial charge in [-0.1, -0.05) is 53.4 Å². The Kier molecular flexibility index (Phi) is 10.3. The van der Waals surface area contributed by atoms with Gasteiger partial charge in [0.15, 0.2) is 0 Å². The van der Waals surface area contributed by atoms with Crippen LogP contribution < -0.4 is 10.5 Å². The van der Waals surface area contributed by atoms with E-state index in [0.29, 0.717) is 0 Å². The Morgan fingerprint density at radius 3 is 1.58 bits per heavy atom. The summed E-state index contributed by atoms with van der Waals surface area (Å²) < 4.78 is 0. The molecule has 0 saturated heterocycles. The van der Waals surface area contributed by atoms with Gasteiger partial charge < -0.3 is 10.5 Å². The standard InChI is InChI=1S/C14H28BN2O2/c1-5-7-9-11(3)13(18)16-15-17-14(19)12(4)10-8-6-2/h11-12H,5-10H2,1-4H3,(H,16,18)(H,17,19). The third-order valence-electron chi connectivity index (χ3n) is 3.31. The van der Waals surface area contributed by atoms with Crippen LogP contribution in [0.4, 0.5) is 0 Å². The highest BCUT2D eigenvalue weighted by molar-refractivity contribution is 6.38. The number of nitrogens with one attached hydrogen (secondary N) is 2. The lowest BCUT2D eigenvalue weighted by atomic mass is 9.99. The molecule has 0 aliphatic rings. The Hall–Kier alpha value is -0.995. The lowest BCUT2D eigenvalue weighted by Gasteiger charge is -2.13. The minimum atomic E-state index is -0.0324. The van der Waals surface area contributed by atoms with Gasteiger partial charge in [-0.2, -0.15) is 0 Å². The monoisotopic (exact) mass is 267 g/mol. The Balaban J connectivity index is 3.77. The van der Waals surface area contributed by atoms with E-state index in [1.54, 1.807) is 0 Å². The third-order valence-corrected chi connectivity index (χ3v) is 3.31. The fraction of sp³-hybridized carbons (Fsp3) is 0.857.